The van der Waals surface area contributed by atoms with Crippen molar-refractivity contribution in [3.05, 3.63) is 22.9 Å². The maximum atomic E-state index is 3.55. The lowest BCUT2D eigenvalue weighted by atomic mass is 9.81. The van der Waals surface area contributed by atoms with Crippen LogP contribution >= 0.6 is 0 Å². The average molecular weight is 177 g/mol. The fraction of sp³-hybridized carbons (Fsp3) is 0.667. The maximum Gasteiger partial charge on any atom is 0.0233 e. The van der Waals surface area contributed by atoms with Crippen molar-refractivity contribution in [1.82, 2.24) is 5.32 Å². The van der Waals surface area contributed by atoms with Gasteiger partial charge in [0.05, 0.1) is 0 Å². The van der Waals surface area contributed by atoms with E-state index in [4.69, 9.17) is 0 Å². The van der Waals surface area contributed by atoms with Gasteiger partial charge < -0.3 is 5.32 Å². The Hall–Kier alpha value is -0.720. The summed E-state index contributed by atoms with van der Waals surface area (Å²) >= 11 is 0. The normalized spacial score (nSPS) is 25.3. The number of nitrogens with one attached hydrogen (secondary N) is 1. The highest BCUT2D eigenvalue weighted by Gasteiger charge is 2.32. The smallest absolute Gasteiger partial charge is 0.0233 e. The van der Waals surface area contributed by atoms with Crippen molar-refractivity contribution < 1.29 is 0 Å². The van der Waals surface area contributed by atoms with Gasteiger partial charge in [0.25, 0.3) is 0 Å². The van der Waals surface area contributed by atoms with Gasteiger partial charge in [0.2, 0.25) is 0 Å². The molecular formula is C12H19N. The molecule has 0 radical (unpaired) electrons. The summed E-state index contributed by atoms with van der Waals surface area (Å²) in [5, 5.41) is 3.55. The Morgan fingerprint density at radius 3 is 2.92 bits per heavy atom. The molecule has 1 N–H and O–H groups in total. The molecule has 1 heteroatoms. The standard InChI is InChI=1S/C12H19N/c1-4-9-5-6-10-11(7-9)13-8-12(10,2)3/h5,13H,4,6-8H2,1-3H3. The van der Waals surface area contributed by atoms with Gasteiger partial charge in [-0.05, 0) is 18.4 Å². The predicted octanol–water partition coefficient (Wildman–Crippen LogP) is 3.00. The van der Waals surface area contributed by atoms with Gasteiger partial charge in [-0.15, -0.1) is 0 Å². The maximum absolute atomic E-state index is 3.55. The van der Waals surface area contributed by atoms with Gasteiger partial charge in [0.1, 0.15) is 0 Å². The van der Waals surface area contributed by atoms with E-state index in [1.165, 1.54) is 25.0 Å². The van der Waals surface area contributed by atoms with Gasteiger partial charge in [0, 0.05) is 24.1 Å². The molecule has 0 aromatic rings. The van der Waals surface area contributed by atoms with E-state index in [0.717, 1.165) is 6.54 Å². The topological polar surface area (TPSA) is 12.0 Å². The molecule has 1 aliphatic carbocycles. The van der Waals surface area contributed by atoms with Crippen LogP contribution in [0.5, 0.6) is 0 Å². The highest BCUT2D eigenvalue weighted by atomic mass is 14.9. The predicted molar refractivity (Wildman–Crippen MR) is 56.4 cm³/mol. The molecule has 0 fully saturated rings. The highest BCUT2D eigenvalue weighted by molar-refractivity contribution is 5.35. The van der Waals surface area contributed by atoms with Crippen LogP contribution in [0.2, 0.25) is 0 Å². The van der Waals surface area contributed by atoms with Gasteiger partial charge in [-0.2, -0.15) is 0 Å². The molecule has 2 rings (SSSR count). The summed E-state index contributed by atoms with van der Waals surface area (Å²) in [6.07, 6.45) is 5.99. The van der Waals surface area contributed by atoms with Crippen LogP contribution in [0.1, 0.15) is 40.0 Å². The minimum absolute atomic E-state index is 0.394. The Labute approximate surface area is 80.9 Å². The lowest BCUT2D eigenvalue weighted by Crippen LogP contribution is -2.19. The van der Waals surface area contributed by atoms with Gasteiger partial charge in [-0.25, -0.2) is 0 Å². The SMILES string of the molecule is CCC1=CCC2=C(C1)NCC2(C)C. The number of allylic oxidation sites excluding steroid dienone is 2. The van der Waals surface area contributed by atoms with E-state index in [-0.39, 0.29) is 0 Å². The van der Waals surface area contributed by atoms with Crippen molar-refractivity contribution in [2.24, 2.45) is 5.41 Å². The van der Waals surface area contributed by atoms with Crippen LogP contribution in [0.15, 0.2) is 22.9 Å². The first-order valence-electron chi connectivity index (χ1n) is 5.28. The summed E-state index contributed by atoms with van der Waals surface area (Å²) < 4.78 is 0. The van der Waals surface area contributed by atoms with Gasteiger partial charge in [-0.3, -0.25) is 0 Å². The Morgan fingerprint density at radius 2 is 2.23 bits per heavy atom. The summed E-state index contributed by atoms with van der Waals surface area (Å²) in [6, 6.07) is 0. The summed E-state index contributed by atoms with van der Waals surface area (Å²) in [4.78, 5) is 0. The Balaban J connectivity index is 2.20. The first-order valence-corrected chi connectivity index (χ1v) is 5.28. The molecule has 0 spiro atoms. The third-order valence-corrected chi connectivity index (χ3v) is 3.38. The van der Waals surface area contributed by atoms with E-state index in [1.807, 2.05) is 0 Å². The first-order chi connectivity index (χ1) is 6.13. The molecule has 2 aliphatic rings. The molecule has 0 unspecified atom stereocenters. The molecule has 0 aromatic heterocycles. The minimum atomic E-state index is 0.394. The molecule has 1 aliphatic heterocycles. The monoisotopic (exact) mass is 177 g/mol. The molecular weight excluding hydrogens is 158 g/mol. The lowest BCUT2D eigenvalue weighted by molar-refractivity contribution is 0.462. The highest BCUT2D eigenvalue weighted by Crippen LogP contribution is 2.40. The van der Waals surface area contributed by atoms with E-state index in [1.54, 1.807) is 11.1 Å². The molecule has 1 heterocycles. The van der Waals surface area contributed by atoms with E-state index in [9.17, 15) is 0 Å². The van der Waals surface area contributed by atoms with Crippen molar-refractivity contribution in [3.63, 3.8) is 0 Å². The second-order valence-electron chi connectivity index (χ2n) is 4.79. The van der Waals surface area contributed by atoms with Crippen LogP contribution in [0.25, 0.3) is 0 Å². The van der Waals surface area contributed by atoms with Gasteiger partial charge in [0.15, 0.2) is 0 Å². The van der Waals surface area contributed by atoms with E-state index in [0.29, 0.717) is 5.41 Å². The molecule has 0 amide bonds. The third kappa shape index (κ3) is 1.41. The Kier molecular flexibility index (Phi) is 1.98. The Morgan fingerprint density at radius 1 is 1.46 bits per heavy atom. The zero-order chi connectivity index (χ0) is 9.47. The quantitative estimate of drug-likeness (QED) is 0.607. The van der Waals surface area contributed by atoms with Crippen molar-refractivity contribution >= 4 is 0 Å². The van der Waals surface area contributed by atoms with Crippen molar-refractivity contribution in [1.29, 1.82) is 0 Å². The second kappa shape index (κ2) is 2.90. The summed E-state index contributed by atoms with van der Waals surface area (Å²) in [5.41, 5.74) is 5.16. The zero-order valence-electron chi connectivity index (χ0n) is 8.91. The van der Waals surface area contributed by atoms with Crippen molar-refractivity contribution in [2.75, 3.05) is 6.54 Å². The minimum Gasteiger partial charge on any atom is -0.387 e. The van der Waals surface area contributed by atoms with Crippen LogP contribution in [-0.4, -0.2) is 6.54 Å². The average Bonchev–Trinajstić information content (AvgIpc) is 2.42. The van der Waals surface area contributed by atoms with Crippen LogP contribution in [0, 0.1) is 5.41 Å². The van der Waals surface area contributed by atoms with E-state index in [2.05, 4.69) is 32.2 Å². The summed E-state index contributed by atoms with van der Waals surface area (Å²) in [7, 11) is 0. The molecule has 0 atom stereocenters. The molecule has 0 aromatic carbocycles. The molecule has 0 saturated heterocycles. The molecule has 72 valence electrons. The molecule has 1 nitrogen and oxygen atoms in total. The first kappa shape index (κ1) is 8.86. The zero-order valence-corrected chi connectivity index (χ0v) is 8.91. The fourth-order valence-corrected chi connectivity index (χ4v) is 2.33. The summed E-state index contributed by atoms with van der Waals surface area (Å²) in [6.45, 7) is 8.06. The van der Waals surface area contributed by atoms with E-state index < -0.39 is 0 Å². The second-order valence-corrected chi connectivity index (χ2v) is 4.79. The van der Waals surface area contributed by atoms with Gasteiger partial charge >= 0.3 is 0 Å². The van der Waals surface area contributed by atoms with Crippen molar-refractivity contribution in [3.8, 4) is 0 Å². The molecule has 0 saturated carbocycles. The van der Waals surface area contributed by atoms with Crippen LogP contribution in [0.4, 0.5) is 0 Å². The largest absolute Gasteiger partial charge is 0.387 e. The van der Waals surface area contributed by atoms with Crippen LogP contribution in [-0.2, 0) is 0 Å². The number of rotatable bonds is 1. The van der Waals surface area contributed by atoms with Crippen molar-refractivity contribution in [2.45, 2.75) is 40.0 Å². The van der Waals surface area contributed by atoms with Gasteiger partial charge in [-0.1, -0.05) is 32.4 Å². The fourth-order valence-electron chi connectivity index (χ4n) is 2.33. The van der Waals surface area contributed by atoms with Crippen LogP contribution < -0.4 is 5.32 Å². The Bertz CT molecular complexity index is 281. The number of hydrogen-bond acceptors (Lipinski definition) is 1. The third-order valence-electron chi connectivity index (χ3n) is 3.38. The summed E-state index contributed by atoms with van der Waals surface area (Å²) in [5.74, 6) is 0. The van der Waals surface area contributed by atoms with Crippen LogP contribution in [0.3, 0.4) is 0 Å². The molecule has 13 heavy (non-hydrogen) atoms. The number of hydrogen-bond donors (Lipinski definition) is 1. The van der Waals surface area contributed by atoms with E-state index >= 15 is 0 Å². The lowest BCUT2D eigenvalue weighted by Gasteiger charge is -2.23. The molecule has 0 bridgehead atoms.